The molecule has 0 aliphatic carbocycles. The molecule has 2 nitrogen and oxygen atoms in total. The van der Waals surface area contributed by atoms with Crippen LogP contribution >= 0.6 is 35.3 Å². The highest BCUT2D eigenvalue weighted by Crippen LogP contribution is 2.29. The number of benzene rings is 1. The van der Waals surface area contributed by atoms with Crippen molar-refractivity contribution < 1.29 is 0 Å². The summed E-state index contributed by atoms with van der Waals surface area (Å²) < 4.78 is 0. The van der Waals surface area contributed by atoms with E-state index in [9.17, 15) is 5.26 Å². The summed E-state index contributed by atoms with van der Waals surface area (Å²) >= 11 is 5.80. The summed E-state index contributed by atoms with van der Waals surface area (Å²) in [5.74, 6) is 4.72. The van der Waals surface area contributed by atoms with Crippen LogP contribution < -0.4 is 5.32 Å². The summed E-state index contributed by atoms with van der Waals surface area (Å²) in [5.41, 5.74) is 1.78. The molecule has 1 heterocycles. The Bertz CT molecular complexity index is 450. The van der Waals surface area contributed by atoms with E-state index in [0.29, 0.717) is 5.25 Å². The van der Waals surface area contributed by atoms with Crippen molar-refractivity contribution in [2.45, 2.75) is 17.1 Å². The van der Waals surface area contributed by atoms with Gasteiger partial charge in [0.1, 0.15) is 6.07 Å². The first-order chi connectivity index (χ1) is 9.35. The zero-order chi connectivity index (χ0) is 13.5. The number of anilines is 1. The first-order valence-electron chi connectivity index (χ1n) is 6.44. The zero-order valence-corrected chi connectivity index (χ0v) is 13.5. The number of nitriles is 1. The third-order valence-electron chi connectivity index (χ3n) is 2.84. The maximum Gasteiger partial charge on any atom is 0.102 e. The van der Waals surface area contributed by atoms with E-state index in [1.165, 1.54) is 17.3 Å². The van der Waals surface area contributed by atoms with Gasteiger partial charge in [0.05, 0.1) is 11.3 Å². The normalized spacial score (nSPS) is 18.8. The van der Waals surface area contributed by atoms with Crippen LogP contribution in [0.25, 0.3) is 0 Å². The van der Waals surface area contributed by atoms with Gasteiger partial charge in [0, 0.05) is 33.9 Å². The zero-order valence-electron chi connectivity index (χ0n) is 11.0. The number of nitrogens with zero attached hydrogens (tertiary/aromatic N) is 1. The topological polar surface area (TPSA) is 35.8 Å². The lowest BCUT2D eigenvalue weighted by Crippen LogP contribution is -2.23. The summed E-state index contributed by atoms with van der Waals surface area (Å²) in [7, 11) is 0. The summed E-state index contributed by atoms with van der Waals surface area (Å²) in [4.78, 5) is 1.08. The van der Waals surface area contributed by atoms with Crippen molar-refractivity contribution in [1.82, 2.24) is 0 Å². The van der Waals surface area contributed by atoms with Crippen molar-refractivity contribution in [1.29, 1.82) is 5.26 Å². The molecule has 1 N–H and O–H groups in total. The van der Waals surface area contributed by atoms with E-state index in [4.69, 9.17) is 0 Å². The smallest absolute Gasteiger partial charge is 0.102 e. The molecule has 1 fully saturated rings. The number of hydrogen-bond donors (Lipinski definition) is 1. The molecule has 5 heteroatoms. The maximum absolute atomic E-state index is 9.35. The van der Waals surface area contributed by atoms with Gasteiger partial charge in [-0.1, -0.05) is 13.0 Å². The Labute approximate surface area is 128 Å². The monoisotopic (exact) mass is 310 g/mol. The summed E-state index contributed by atoms with van der Waals surface area (Å²) in [6.07, 6.45) is 0. The molecule has 0 saturated carbocycles. The van der Waals surface area contributed by atoms with Crippen molar-refractivity contribution in [3.63, 3.8) is 0 Å². The molecule has 1 aromatic carbocycles. The van der Waals surface area contributed by atoms with Gasteiger partial charge < -0.3 is 5.32 Å². The fraction of sp³-hybridized carbons (Fsp3) is 0.500. The predicted molar refractivity (Wildman–Crippen MR) is 89.6 cm³/mol. The molecule has 1 saturated heterocycles. The third-order valence-corrected chi connectivity index (χ3v) is 6.63. The van der Waals surface area contributed by atoms with E-state index in [-0.39, 0.29) is 0 Å². The van der Waals surface area contributed by atoms with Crippen LogP contribution in [0.4, 0.5) is 5.69 Å². The van der Waals surface area contributed by atoms with Crippen molar-refractivity contribution in [3.8, 4) is 6.07 Å². The lowest BCUT2D eigenvalue weighted by atomic mass is 10.2. The van der Waals surface area contributed by atoms with Crippen LogP contribution in [0.2, 0.25) is 0 Å². The van der Waals surface area contributed by atoms with Crippen LogP contribution in [-0.2, 0) is 0 Å². The lowest BCUT2D eigenvalue weighted by Gasteiger charge is -2.22. The molecule has 102 valence electrons. The summed E-state index contributed by atoms with van der Waals surface area (Å²) in [6.45, 7) is 3.06. The van der Waals surface area contributed by atoms with E-state index in [0.717, 1.165) is 28.4 Å². The Hall–Kier alpha value is -0.440. The van der Waals surface area contributed by atoms with Gasteiger partial charge in [-0.2, -0.15) is 28.8 Å². The van der Waals surface area contributed by atoms with E-state index >= 15 is 0 Å². The molecular formula is C14H18N2S3. The second-order valence-electron chi connectivity index (χ2n) is 4.17. The van der Waals surface area contributed by atoms with Gasteiger partial charge in [0.25, 0.3) is 0 Å². The van der Waals surface area contributed by atoms with Gasteiger partial charge in [-0.3, -0.25) is 0 Å². The Morgan fingerprint density at radius 3 is 3.05 bits per heavy atom. The molecule has 0 radical (unpaired) electrons. The number of rotatable bonds is 5. The molecule has 1 aliphatic rings. The van der Waals surface area contributed by atoms with E-state index in [2.05, 4.69) is 18.3 Å². The molecule has 0 amide bonds. The molecular weight excluding hydrogens is 292 g/mol. The summed E-state index contributed by atoms with van der Waals surface area (Å²) in [6, 6.07) is 8.42. The number of thioether (sulfide) groups is 3. The molecule has 1 atom stereocenters. The average molecular weight is 311 g/mol. The molecule has 1 aliphatic heterocycles. The van der Waals surface area contributed by atoms with Crippen molar-refractivity contribution in [2.24, 2.45) is 0 Å². The second kappa shape index (κ2) is 7.98. The summed E-state index contributed by atoms with van der Waals surface area (Å²) in [5, 5.41) is 13.5. The average Bonchev–Trinajstić information content (AvgIpc) is 2.46. The van der Waals surface area contributed by atoms with Gasteiger partial charge in [-0.15, -0.1) is 11.8 Å². The van der Waals surface area contributed by atoms with Crippen molar-refractivity contribution in [2.75, 3.05) is 34.9 Å². The second-order valence-corrected chi connectivity index (χ2v) is 8.04. The maximum atomic E-state index is 9.35. The molecule has 0 spiro atoms. The van der Waals surface area contributed by atoms with Crippen LogP contribution in [-0.4, -0.2) is 34.8 Å². The molecule has 0 bridgehead atoms. The number of hydrogen-bond acceptors (Lipinski definition) is 5. The van der Waals surface area contributed by atoms with E-state index < -0.39 is 0 Å². The van der Waals surface area contributed by atoms with Gasteiger partial charge >= 0.3 is 0 Å². The molecule has 1 aromatic rings. The fourth-order valence-electron chi connectivity index (χ4n) is 1.95. The highest BCUT2D eigenvalue weighted by Gasteiger charge is 2.15. The quantitative estimate of drug-likeness (QED) is 0.834. The van der Waals surface area contributed by atoms with Crippen LogP contribution in [0.5, 0.6) is 0 Å². The van der Waals surface area contributed by atoms with Crippen LogP contribution in [0, 0.1) is 11.3 Å². The van der Waals surface area contributed by atoms with Crippen LogP contribution in [0.3, 0.4) is 0 Å². The molecule has 1 unspecified atom stereocenters. The molecule has 19 heavy (non-hydrogen) atoms. The number of nitrogens with one attached hydrogen (secondary N) is 1. The van der Waals surface area contributed by atoms with Gasteiger partial charge in [0.15, 0.2) is 0 Å². The first kappa shape index (κ1) is 15.0. The highest BCUT2D eigenvalue weighted by molar-refractivity contribution is 8.06. The van der Waals surface area contributed by atoms with Crippen molar-refractivity contribution >= 4 is 41.0 Å². The third kappa shape index (κ3) is 4.27. The van der Waals surface area contributed by atoms with Crippen LogP contribution in [0.1, 0.15) is 12.5 Å². The first-order valence-corrected chi connectivity index (χ1v) is 9.63. The predicted octanol–water partition coefficient (Wildman–Crippen LogP) is 3.93. The van der Waals surface area contributed by atoms with Crippen molar-refractivity contribution in [3.05, 3.63) is 23.8 Å². The standard InChI is InChI=1S/C14H18N2S3/c1-2-18-14-5-3-4-13(12(14)8-15)16-9-11-10-17-6-7-19-11/h3-5,11,16H,2,6-7,9-10H2,1H3. The highest BCUT2D eigenvalue weighted by atomic mass is 32.2. The lowest BCUT2D eigenvalue weighted by molar-refractivity contribution is 1.00. The minimum absolute atomic E-state index is 0.660. The SMILES string of the molecule is CCSc1cccc(NCC2CSCCS2)c1C#N. The Morgan fingerprint density at radius 2 is 2.37 bits per heavy atom. The van der Waals surface area contributed by atoms with E-state index in [1.54, 1.807) is 11.8 Å². The van der Waals surface area contributed by atoms with Gasteiger partial charge in [0.2, 0.25) is 0 Å². The Kier molecular flexibility index (Phi) is 6.29. The van der Waals surface area contributed by atoms with Gasteiger partial charge in [-0.25, -0.2) is 0 Å². The Balaban J connectivity index is 2.02. The molecule has 0 aromatic heterocycles. The van der Waals surface area contributed by atoms with Gasteiger partial charge in [-0.05, 0) is 17.9 Å². The fourth-order valence-corrected chi connectivity index (χ4v) is 5.35. The largest absolute Gasteiger partial charge is 0.383 e. The molecule has 2 rings (SSSR count). The minimum atomic E-state index is 0.660. The van der Waals surface area contributed by atoms with E-state index in [1.807, 2.05) is 41.7 Å². The Morgan fingerprint density at radius 1 is 1.47 bits per heavy atom. The van der Waals surface area contributed by atoms with Crippen LogP contribution in [0.15, 0.2) is 23.1 Å². The minimum Gasteiger partial charge on any atom is -0.383 e.